The maximum Gasteiger partial charge on any atom is 0.214 e. The van der Waals surface area contributed by atoms with Gasteiger partial charge in [-0.25, -0.2) is 18.1 Å². The van der Waals surface area contributed by atoms with Crippen LogP contribution in [0.15, 0.2) is 41.9 Å². The molecule has 1 aliphatic heterocycles. The van der Waals surface area contributed by atoms with Crippen molar-refractivity contribution >= 4 is 26.5 Å². The quantitative estimate of drug-likeness (QED) is 0.760. The molecule has 0 saturated carbocycles. The number of hydrogen-bond donors (Lipinski definition) is 1. The number of anilines is 1. The third-order valence-corrected chi connectivity index (χ3v) is 6.31. The minimum absolute atomic E-state index is 0.0369. The van der Waals surface area contributed by atoms with Gasteiger partial charge in [0.05, 0.1) is 5.75 Å². The molecule has 2 aromatic rings. The van der Waals surface area contributed by atoms with E-state index in [2.05, 4.69) is 14.6 Å². The molecular weight excluding hydrogens is 358 g/mol. The summed E-state index contributed by atoms with van der Waals surface area (Å²) >= 11 is 1.62. The van der Waals surface area contributed by atoms with Crippen molar-refractivity contribution in [1.29, 1.82) is 0 Å². The maximum atomic E-state index is 12.2. The Morgan fingerprint density at radius 3 is 2.92 bits per heavy atom. The van der Waals surface area contributed by atoms with Crippen LogP contribution in [0.25, 0.3) is 0 Å². The first-order valence-corrected chi connectivity index (χ1v) is 11.0. The minimum Gasteiger partial charge on any atom is -0.492 e. The highest BCUT2D eigenvalue weighted by Crippen LogP contribution is 2.24. The van der Waals surface area contributed by atoms with Gasteiger partial charge in [-0.1, -0.05) is 18.2 Å². The van der Waals surface area contributed by atoms with E-state index in [0.717, 1.165) is 31.1 Å². The molecule has 1 aromatic carbocycles. The fraction of sp³-hybridized carbons (Fsp3) is 0.471. The molecule has 25 heavy (non-hydrogen) atoms. The van der Waals surface area contributed by atoms with E-state index in [9.17, 15) is 8.42 Å². The maximum absolute atomic E-state index is 12.2. The molecule has 0 aliphatic carbocycles. The fourth-order valence-corrected chi connectivity index (χ4v) is 4.50. The second kappa shape index (κ2) is 8.64. The summed E-state index contributed by atoms with van der Waals surface area (Å²) in [6, 6.07) is 9.24. The Morgan fingerprint density at radius 1 is 1.32 bits per heavy atom. The number of piperidine rings is 1. The first kappa shape index (κ1) is 18.2. The largest absolute Gasteiger partial charge is 0.492 e. The lowest BCUT2D eigenvalue weighted by Crippen LogP contribution is -2.41. The number of aromatic nitrogens is 1. The number of para-hydroxylation sites is 1. The van der Waals surface area contributed by atoms with Crippen LogP contribution in [-0.4, -0.2) is 45.4 Å². The van der Waals surface area contributed by atoms with Gasteiger partial charge >= 0.3 is 0 Å². The zero-order chi connectivity index (χ0) is 17.5. The SMILES string of the molecule is O=S(=O)(CCOc1ccccc1)NCC1CCCN(c2nccs2)C1. The van der Waals surface area contributed by atoms with Crippen LogP contribution in [0.5, 0.6) is 5.75 Å². The molecular formula is C17H23N3O3S2. The molecule has 3 rings (SSSR count). The zero-order valence-corrected chi connectivity index (χ0v) is 15.6. The highest BCUT2D eigenvalue weighted by atomic mass is 32.2. The summed E-state index contributed by atoms with van der Waals surface area (Å²) in [5, 5.41) is 2.98. The van der Waals surface area contributed by atoms with Gasteiger partial charge in [-0.2, -0.15) is 0 Å². The van der Waals surface area contributed by atoms with E-state index in [4.69, 9.17) is 4.74 Å². The smallest absolute Gasteiger partial charge is 0.214 e. The zero-order valence-electron chi connectivity index (χ0n) is 14.0. The summed E-state index contributed by atoms with van der Waals surface area (Å²) in [5.74, 6) is 0.955. The number of hydrogen-bond acceptors (Lipinski definition) is 6. The molecule has 1 aliphatic rings. The Morgan fingerprint density at radius 2 is 2.16 bits per heavy atom. The Balaban J connectivity index is 1.42. The number of sulfonamides is 1. The van der Waals surface area contributed by atoms with E-state index in [0.29, 0.717) is 18.2 Å². The normalized spacial score (nSPS) is 18.2. The van der Waals surface area contributed by atoms with Crippen LogP contribution < -0.4 is 14.4 Å². The van der Waals surface area contributed by atoms with E-state index >= 15 is 0 Å². The van der Waals surface area contributed by atoms with Crippen LogP contribution in [0.2, 0.25) is 0 Å². The van der Waals surface area contributed by atoms with E-state index in [1.54, 1.807) is 17.5 Å². The molecule has 1 atom stereocenters. The molecule has 136 valence electrons. The van der Waals surface area contributed by atoms with Crippen molar-refractivity contribution in [1.82, 2.24) is 9.71 Å². The Kier molecular flexibility index (Phi) is 6.28. The third kappa shape index (κ3) is 5.69. The van der Waals surface area contributed by atoms with Gasteiger partial charge in [0.25, 0.3) is 0 Å². The van der Waals surface area contributed by atoms with Crippen LogP contribution in [0.3, 0.4) is 0 Å². The van der Waals surface area contributed by atoms with Gasteiger partial charge in [0, 0.05) is 31.2 Å². The second-order valence-electron chi connectivity index (χ2n) is 6.10. The summed E-state index contributed by atoms with van der Waals surface area (Å²) < 4.78 is 32.5. The van der Waals surface area contributed by atoms with Gasteiger partial charge in [0.1, 0.15) is 12.4 Å². The number of nitrogens with one attached hydrogen (secondary N) is 1. The molecule has 0 bridgehead atoms. The van der Waals surface area contributed by atoms with Gasteiger partial charge in [-0.3, -0.25) is 0 Å². The lowest BCUT2D eigenvalue weighted by atomic mass is 9.99. The summed E-state index contributed by atoms with van der Waals surface area (Å²) in [5.41, 5.74) is 0. The predicted molar refractivity (Wildman–Crippen MR) is 101 cm³/mol. The van der Waals surface area contributed by atoms with E-state index in [1.807, 2.05) is 35.7 Å². The second-order valence-corrected chi connectivity index (χ2v) is 8.90. The monoisotopic (exact) mass is 381 g/mol. The number of benzene rings is 1. The van der Waals surface area contributed by atoms with E-state index in [-0.39, 0.29) is 12.4 Å². The molecule has 1 aromatic heterocycles. The van der Waals surface area contributed by atoms with Crippen molar-refractivity contribution < 1.29 is 13.2 Å². The molecule has 0 radical (unpaired) electrons. The van der Waals surface area contributed by atoms with Gasteiger partial charge in [-0.15, -0.1) is 11.3 Å². The van der Waals surface area contributed by atoms with Gasteiger partial charge in [0.15, 0.2) is 5.13 Å². The van der Waals surface area contributed by atoms with Gasteiger partial charge < -0.3 is 9.64 Å². The van der Waals surface area contributed by atoms with Crippen molar-refractivity contribution in [3.63, 3.8) is 0 Å². The number of nitrogens with zero attached hydrogens (tertiary/aromatic N) is 2. The molecule has 1 fully saturated rings. The van der Waals surface area contributed by atoms with Crippen LogP contribution in [0.4, 0.5) is 5.13 Å². The minimum atomic E-state index is -3.33. The molecule has 0 spiro atoms. The first-order valence-electron chi connectivity index (χ1n) is 8.42. The highest BCUT2D eigenvalue weighted by Gasteiger charge is 2.23. The average molecular weight is 382 g/mol. The molecule has 6 nitrogen and oxygen atoms in total. The Hall–Kier alpha value is -1.64. The number of thiazole rings is 1. The van der Waals surface area contributed by atoms with Crippen molar-refractivity contribution in [3.8, 4) is 5.75 Å². The summed E-state index contributed by atoms with van der Waals surface area (Å²) in [6.45, 7) is 2.45. The summed E-state index contributed by atoms with van der Waals surface area (Å²) in [4.78, 5) is 6.58. The molecule has 1 unspecified atom stereocenters. The average Bonchev–Trinajstić information content (AvgIpc) is 3.16. The van der Waals surface area contributed by atoms with Crippen molar-refractivity contribution in [2.45, 2.75) is 12.8 Å². The van der Waals surface area contributed by atoms with E-state index in [1.165, 1.54) is 0 Å². The van der Waals surface area contributed by atoms with Crippen molar-refractivity contribution in [2.75, 3.05) is 36.9 Å². The molecule has 2 heterocycles. The van der Waals surface area contributed by atoms with Crippen molar-refractivity contribution in [3.05, 3.63) is 41.9 Å². The summed E-state index contributed by atoms with van der Waals surface area (Å²) in [7, 11) is -3.33. The molecule has 1 N–H and O–H groups in total. The Labute approximate surface area is 152 Å². The lowest BCUT2D eigenvalue weighted by molar-refractivity contribution is 0.339. The van der Waals surface area contributed by atoms with Crippen molar-refractivity contribution in [2.24, 2.45) is 5.92 Å². The van der Waals surface area contributed by atoms with Crippen LogP contribution >= 0.6 is 11.3 Å². The number of rotatable bonds is 8. The first-order chi connectivity index (χ1) is 12.1. The van der Waals surface area contributed by atoms with Crippen LogP contribution in [-0.2, 0) is 10.0 Å². The molecule has 8 heteroatoms. The third-order valence-electron chi connectivity index (χ3n) is 4.16. The van der Waals surface area contributed by atoms with Crippen LogP contribution in [0.1, 0.15) is 12.8 Å². The predicted octanol–water partition coefficient (Wildman–Crippen LogP) is 2.36. The fourth-order valence-electron chi connectivity index (χ4n) is 2.88. The highest BCUT2D eigenvalue weighted by molar-refractivity contribution is 7.89. The topological polar surface area (TPSA) is 71.5 Å². The molecule has 1 saturated heterocycles. The molecule has 0 amide bonds. The van der Waals surface area contributed by atoms with Gasteiger partial charge in [-0.05, 0) is 30.9 Å². The standard InChI is InChI=1S/C17H23N3O3S2/c21-25(22,12-10-23-16-6-2-1-3-7-16)19-13-15-5-4-9-20(14-15)17-18-8-11-24-17/h1-3,6-8,11,15,19H,4-5,9-10,12-14H2. The number of ether oxygens (including phenoxy) is 1. The van der Waals surface area contributed by atoms with E-state index < -0.39 is 10.0 Å². The lowest BCUT2D eigenvalue weighted by Gasteiger charge is -2.32. The van der Waals surface area contributed by atoms with Crippen LogP contribution in [0, 0.1) is 5.92 Å². The Bertz CT molecular complexity index is 736. The van der Waals surface area contributed by atoms with Gasteiger partial charge in [0.2, 0.25) is 10.0 Å². The summed E-state index contributed by atoms with van der Waals surface area (Å²) in [6.07, 6.45) is 3.90.